The van der Waals surface area contributed by atoms with Crippen molar-refractivity contribution in [2.24, 2.45) is 5.41 Å². The van der Waals surface area contributed by atoms with Gasteiger partial charge in [-0.3, -0.25) is 0 Å². The van der Waals surface area contributed by atoms with Crippen molar-refractivity contribution in [2.45, 2.75) is 39.7 Å². The second-order valence-corrected chi connectivity index (χ2v) is 14.9. The van der Waals surface area contributed by atoms with Gasteiger partial charge < -0.3 is 4.48 Å². The SMILES string of the molecule is C[C@H](C[B@@-](/C=C/C(C)(C)C)(c1c(F)c(F)c(F)c(F)c1F)[n+]1ccccc1)P(c1c(F)c(F)c(F)c(F)c1F)c1c(F)c(F)c(F)c(F)c1F. The van der Waals surface area contributed by atoms with E-state index in [4.69, 9.17) is 0 Å². The van der Waals surface area contributed by atoms with Crippen LogP contribution in [0.5, 0.6) is 0 Å². The Kier molecular flexibility index (Phi) is 10.8. The van der Waals surface area contributed by atoms with Crippen LogP contribution in [0.4, 0.5) is 65.9 Å². The molecule has 3 aromatic carbocycles. The lowest BCUT2D eigenvalue weighted by Gasteiger charge is -2.38. The van der Waals surface area contributed by atoms with Crippen LogP contribution in [-0.4, -0.2) is 11.9 Å². The number of hydrogen-bond donors (Lipinski definition) is 0. The maximum absolute atomic E-state index is 15.8. The first-order valence-electron chi connectivity index (χ1n) is 14.3. The summed E-state index contributed by atoms with van der Waals surface area (Å²) in [6, 6.07) is 3.74. The summed E-state index contributed by atoms with van der Waals surface area (Å²) in [6.07, 6.45) is -1.75. The third-order valence-electron chi connectivity index (χ3n) is 7.93. The average molecular weight is 747 g/mol. The van der Waals surface area contributed by atoms with Crippen molar-refractivity contribution in [3.05, 3.63) is 130 Å². The van der Waals surface area contributed by atoms with Crippen LogP contribution in [0.1, 0.15) is 27.7 Å². The molecular formula is C32H22BF15NP. The minimum Gasteiger partial charge on any atom is -0.419 e. The molecule has 2 atom stereocenters. The molecule has 0 fully saturated rings. The first kappa shape index (κ1) is 38.8. The van der Waals surface area contributed by atoms with Gasteiger partial charge in [0.1, 0.15) is 24.0 Å². The van der Waals surface area contributed by atoms with Gasteiger partial charge >= 0.3 is 6.28 Å². The molecule has 18 heteroatoms. The summed E-state index contributed by atoms with van der Waals surface area (Å²) >= 11 is 0. The van der Waals surface area contributed by atoms with Gasteiger partial charge in [-0.2, -0.15) is 5.98 Å². The normalized spacial score (nSPS) is 14.2. The lowest BCUT2D eigenvalue weighted by Crippen LogP contribution is -2.73. The van der Waals surface area contributed by atoms with Crippen molar-refractivity contribution in [1.29, 1.82) is 0 Å². The van der Waals surface area contributed by atoms with E-state index in [9.17, 15) is 39.5 Å². The molecular weight excluding hydrogens is 725 g/mol. The number of aromatic nitrogens is 1. The molecule has 4 aromatic rings. The zero-order chi connectivity index (χ0) is 37.8. The smallest absolute Gasteiger partial charge is 0.331 e. The third-order valence-corrected chi connectivity index (χ3v) is 10.8. The lowest BCUT2D eigenvalue weighted by molar-refractivity contribution is -0.543. The van der Waals surface area contributed by atoms with Crippen LogP contribution in [-0.2, 0) is 0 Å². The number of rotatable bonds is 8. The maximum Gasteiger partial charge on any atom is 0.331 e. The van der Waals surface area contributed by atoms with E-state index in [1.165, 1.54) is 45.0 Å². The zero-order valence-corrected chi connectivity index (χ0v) is 26.9. The zero-order valence-electron chi connectivity index (χ0n) is 26.0. The van der Waals surface area contributed by atoms with Gasteiger partial charge in [0.05, 0.1) is 10.6 Å². The van der Waals surface area contributed by atoms with Gasteiger partial charge in [-0.05, 0) is 31.1 Å². The summed E-state index contributed by atoms with van der Waals surface area (Å²) < 4.78 is 224. The molecule has 0 bridgehead atoms. The summed E-state index contributed by atoms with van der Waals surface area (Å²) in [5.41, 5.74) is -4.72. The van der Waals surface area contributed by atoms with Crippen LogP contribution in [0.2, 0.25) is 6.32 Å². The largest absolute Gasteiger partial charge is 0.419 e. The van der Waals surface area contributed by atoms with Gasteiger partial charge in [-0.15, -0.1) is 6.08 Å². The molecule has 50 heavy (non-hydrogen) atoms. The van der Waals surface area contributed by atoms with E-state index in [0.29, 0.717) is 0 Å². The van der Waals surface area contributed by atoms with Crippen LogP contribution in [0.3, 0.4) is 0 Å². The van der Waals surface area contributed by atoms with E-state index in [-0.39, 0.29) is 0 Å². The minimum absolute atomic E-state index is 0.749. The molecule has 0 spiro atoms. The van der Waals surface area contributed by atoms with Crippen molar-refractivity contribution in [3.8, 4) is 0 Å². The number of nitrogens with zero attached hydrogens (tertiary/aromatic N) is 1. The van der Waals surface area contributed by atoms with Crippen molar-refractivity contribution < 1.29 is 70.3 Å². The fourth-order valence-corrected chi connectivity index (χ4v) is 8.55. The molecule has 0 amide bonds. The fourth-order valence-electron chi connectivity index (χ4n) is 5.68. The molecule has 4 rings (SSSR count). The van der Waals surface area contributed by atoms with Gasteiger partial charge in [-0.1, -0.05) is 45.5 Å². The molecule has 268 valence electrons. The summed E-state index contributed by atoms with van der Waals surface area (Å²) in [5, 5.41) is -4.10. The lowest BCUT2D eigenvalue weighted by atomic mass is 9.28. The van der Waals surface area contributed by atoms with Crippen LogP contribution in [0.25, 0.3) is 0 Å². The van der Waals surface area contributed by atoms with Crippen LogP contribution in [0, 0.1) is 92.7 Å². The Morgan fingerprint density at radius 3 is 1.20 bits per heavy atom. The monoisotopic (exact) mass is 747 g/mol. The van der Waals surface area contributed by atoms with Gasteiger partial charge in [-0.25, -0.2) is 65.9 Å². The van der Waals surface area contributed by atoms with Crippen LogP contribution < -0.4 is 20.5 Å². The summed E-state index contributed by atoms with van der Waals surface area (Å²) in [6.45, 7) is 5.29. The second-order valence-electron chi connectivity index (χ2n) is 12.4. The topological polar surface area (TPSA) is 3.88 Å². The Labute approximate surface area is 275 Å². The fraction of sp³-hybridized carbons (Fsp3) is 0.219. The Morgan fingerprint density at radius 1 is 0.540 bits per heavy atom. The highest BCUT2D eigenvalue weighted by Crippen LogP contribution is 2.47. The highest BCUT2D eigenvalue weighted by atomic mass is 31.1. The first-order valence-corrected chi connectivity index (χ1v) is 15.7. The summed E-state index contributed by atoms with van der Waals surface area (Å²) in [5.74, 6) is -38.6. The molecule has 0 aliphatic heterocycles. The quantitative estimate of drug-likeness (QED) is 0.0561. The van der Waals surface area contributed by atoms with E-state index < -0.39 is 135 Å². The van der Waals surface area contributed by atoms with Crippen LogP contribution >= 0.6 is 7.92 Å². The molecule has 1 heterocycles. The molecule has 0 aliphatic rings. The summed E-state index contributed by atoms with van der Waals surface area (Å²) in [7, 11) is -4.04. The number of allylic oxidation sites excluding steroid dienone is 1. The third kappa shape index (κ3) is 6.48. The Balaban J connectivity index is 2.23. The van der Waals surface area contributed by atoms with E-state index in [2.05, 4.69) is 0 Å². The Morgan fingerprint density at radius 2 is 0.860 bits per heavy atom. The molecule has 0 N–H and O–H groups in total. The van der Waals surface area contributed by atoms with Crippen LogP contribution in [0.15, 0.2) is 42.6 Å². The Bertz CT molecular complexity index is 1860. The highest BCUT2D eigenvalue weighted by Gasteiger charge is 2.48. The van der Waals surface area contributed by atoms with Crippen molar-refractivity contribution in [1.82, 2.24) is 0 Å². The Hall–Kier alpha value is -4.01. The number of benzene rings is 3. The molecule has 0 radical (unpaired) electrons. The molecule has 1 aromatic heterocycles. The van der Waals surface area contributed by atoms with E-state index in [1.54, 1.807) is 0 Å². The van der Waals surface area contributed by atoms with E-state index >= 15 is 26.3 Å². The average Bonchev–Trinajstić information content (AvgIpc) is 3.07. The molecule has 0 saturated carbocycles. The van der Waals surface area contributed by atoms with Gasteiger partial charge in [0.15, 0.2) is 64.0 Å². The van der Waals surface area contributed by atoms with Gasteiger partial charge in [0.2, 0.25) is 11.6 Å². The second kappa shape index (κ2) is 14.0. The number of hydrogen-bond acceptors (Lipinski definition) is 0. The van der Waals surface area contributed by atoms with Gasteiger partial charge in [0, 0.05) is 0 Å². The van der Waals surface area contributed by atoms with Crippen molar-refractivity contribution >= 4 is 30.3 Å². The molecule has 0 aliphatic carbocycles. The molecule has 1 nitrogen and oxygen atoms in total. The molecule has 0 unspecified atom stereocenters. The maximum atomic E-state index is 15.8. The minimum atomic E-state index is -4.04. The standard InChI is InChI=1S/C32H22BF15NP/c1-13(50(30-26(45)22(41)20(39)23(42)27(30)46)31-28(47)24(43)21(40)25(44)29(31)48)12-33(9-8-32(2,3)4,49-10-6-5-7-11-49)14-15(34)17(36)19(38)18(37)16(14)35/h5-11,13H,12H2,1-4H3/b9-8+/t13-,33+/m1/s1. The summed E-state index contributed by atoms with van der Waals surface area (Å²) in [4.78, 5) is 0. The highest BCUT2D eigenvalue weighted by molar-refractivity contribution is 7.73. The molecule has 0 saturated heterocycles. The number of halogens is 15. The predicted molar refractivity (Wildman–Crippen MR) is 155 cm³/mol. The van der Waals surface area contributed by atoms with Crippen molar-refractivity contribution in [3.63, 3.8) is 0 Å². The number of pyridine rings is 1. The van der Waals surface area contributed by atoms with E-state index in [1.807, 2.05) is 0 Å². The predicted octanol–water partition coefficient (Wildman–Crippen LogP) is 8.42. The first-order chi connectivity index (χ1) is 23.1. The van der Waals surface area contributed by atoms with Crippen molar-refractivity contribution in [2.75, 3.05) is 0 Å². The van der Waals surface area contributed by atoms with Gasteiger partial charge in [0.25, 0.3) is 0 Å². The van der Waals surface area contributed by atoms with E-state index in [0.717, 1.165) is 29.8 Å².